The van der Waals surface area contributed by atoms with Crippen molar-refractivity contribution in [2.45, 2.75) is 44.6 Å². The lowest BCUT2D eigenvalue weighted by molar-refractivity contribution is -0.119. The van der Waals surface area contributed by atoms with Crippen molar-refractivity contribution < 1.29 is 17.9 Å². The molecule has 0 radical (unpaired) electrons. The van der Waals surface area contributed by atoms with E-state index in [4.69, 9.17) is 4.74 Å². The first-order valence-corrected chi connectivity index (χ1v) is 9.29. The summed E-state index contributed by atoms with van der Waals surface area (Å²) in [5.74, 6) is 0.533. The Kier molecular flexibility index (Phi) is 5.64. The van der Waals surface area contributed by atoms with Crippen molar-refractivity contribution in [3.63, 3.8) is 0 Å². The average Bonchev–Trinajstić information content (AvgIpc) is 2.47. The summed E-state index contributed by atoms with van der Waals surface area (Å²) in [7, 11) is -3.57. The molecule has 1 aliphatic rings. The molecule has 1 aromatic rings. The van der Waals surface area contributed by atoms with Crippen molar-refractivity contribution in [2.75, 3.05) is 19.7 Å². The molecule has 128 valence electrons. The quantitative estimate of drug-likeness (QED) is 0.885. The maximum absolute atomic E-state index is 12.9. The van der Waals surface area contributed by atoms with Crippen molar-refractivity contribution in [2.24, 2.45) is 0 Å². The van der Waals surface area contributed by atoms with Crippen molar-refractivity contribution in [3.05, 3.63) is 23.8 Å². The highest BCUT2D eigenvalue weighted by atomic mass is 32.2. The molecule has 0 saturated carbocycles. The SMILES string of the molecule is CCOc1ccc(S(=O)(=O)N2CCC[C@H](NC(C)=O)C2)c(C)c1. The van der Waals surface area contributed by atoms with Gasteiger partial charge in [0.1, 0.15) is 5.75 Å². The molecule has 0 spiro atoms. The van der Waals surface area contributed by atoms with Gasteiger partial charge in [0.25, 0.3) is 0 Å². The van der Waals surface area contributed by atoms with E-state index in [2.05, 4.69) is 5.32 Å². The number of hydrogen-bond donors (Lipinski definition) is 1. The Bertz CT molecular complexity index is 673. The van der Waals surface area contributed by atoms with Gasteiger partial charge in [-0.25, -0.2) is 8.42 Å². The molecular weight excluding hydrogens is 316 g/mol. The molecule has 7 heteroatoms. The van der Waals surface area contributed by atoms with Crippen LogP contribution in [0.3, 0.4) is 0 Å². The first kappa shape index (κ1) is 17.7. The van der Waals surface area contributed by atoms with Crippen LogP contribution in [-0.2, 0) is 14.8 Å². The molecule has 2 rings (SSSR count). The fourth-order valence-electron chi connectivity index (χ4n) is 2.87. The van der Waals surface area contributed by atoms with E-state index >= 15 is 0 Å². The zero-order chi connectivity index (χ0) is 17.0. The molecule has 1 fully saturated rings. The molecule has 0 unspecified atom stereocenters. The highest BCUT2D eigenvalue weighted by molar-refractivity contribution is 7.89. The second-order valence-electron chi connectivity index (χ2n) is 5.76. The number of nitrogens with one attached hydrogen (secondary N) is 1. The Balaban J connectivity index is 2.22. The number of carbonyl (C=O) groups excluding carboxylic acids is 1. The summed E-state index contributed by atoms with van der Waals surface area (Å²) >= 11 is 0. The lowest BCUT2D eigenvalue weighted by atomic mass is 10.1. The van der Waals surface area contributed by atoms with Crippen LogP contribution < -0.4 is 10.1 Å². The third-order valence-corrected chi connectivity index (χ3v) is 5.89. The van der Waals surface area contributed by atoms with Crippen LogP contribution in [0.2, 0.25) is 0 Å². The van der Waals surface area contributed by atoms with E-state index in [1.54, 1.807) is 25.1 Å². The van der Waals surface area contributed by atoms with Gasteiger partial charge in [0.15, 0.2) is 0 Å². The van der Waals surface area contributed by atoms with E-state index in [9.17, 15) is 13.2 Å². The molecule has 23 heavy (non-hydrogen) atoms. The molecule has 0 aromatic heterocycles. The van der Waals surface area contributed by atoms with Gasteiger partial charge in [0, 0.05) is 26.1 Å². The number of hydrogen-bond acceptors (Lipinski definition) is 4. The van der Waals surface area contributed by atoms with Crippen LogP contribution in [0.25, 0.3) is 0 Å². The summed E-state index contributed by atoms with van der Waals surface area (Å²) in [5.41, 5.74) is 0.664. The number of sulfonamides is 1. The van der Waals surface area contributed by atoms with Crippen molar-refractivity contribution in [1.29, 1.82) is 0 Å². The van der Waals surface area contributed by atoms with Gasteiger partial charge in [-0.1, -0.05) is 0 Å². The van der Waals surface area contributed by atoms with Crippen LogP contribution in [0.15, 0.2) is 23.1 Å². The Morgan fingerprint density at radius 3 is 2.78 bits per heavy atom. The van der Waals surface area contributed by atoms with Gasteiger partial charge in [-0.2, -0.15) is 4.31 Å². The summed E-state index contributed by atoms with van der Waals surface area (Å²) in [6, 6.07) is 4.89. The number of nitrogens with zero attached hydrogens (tertiary/aromatic N) is 1. The number of amides is 1. The molecule has 1 saturated heterocycles. The molecule has 0 aliphatic carbocycles. The Morgan fingerprint density at radius 2 is 2.17 bits per heavy atom. The molecule has 1 atom stereocenters. The lowest BCUT2D eigenvalue weighted by Gasteiger charge is -2.32. The highest BCUT2D eigenvalue weighted by Gasteiger charge is 2.31. The van der Waals surface area contributed by atoms with Crippen LogP contribution in [0.5, 0.6) is 5.75 Å². The zero-order valence-corrected chi connectivity index (χ0v) is 14.6. The third kappa shape index (κ3) is 4.23. The van der Waals surface area contributed by atoms with Crippen LogP contribution in [0.4, 0.5) is 0 Å². The van der Waals surface area contributed by atoms with E-state index < -0.39 is 10.0 Å². The zero-order valence-electron chi connectivity index (χ0n) is 13.8. The number of carbonyl (C=O) groups is 1. The largest absolute Gasteiger partial charge is 0.494 e. The Labute approximate surface area is 137 Å². The van der Waals surface area contributed by atoms with Gasteiger partial charge in [0.05, 0.1) is 11.5 Å². The summed E-state index contributed by atoms with van der Waals surface area (Å²) in [6.07, 6.45) is 1.54. The predicted octanol–water partition coefficient (Wildman–Crippen LogP) is 1.68. The normalized spacial score (nSPS) is 19.3. The minimum Gasteiger partial charge on any atom is -0.494 e. The number of benzene rings is 1. The van der Waals surface area contributed by atoms with E-state index in [1.165, 1.54) is 11.2 Å². The van der Waals surface area contributed by atoms with E-state index in [0.29, 0.717) is 35.9 Å². The molecular formula is C16H24N2O4S. The molecule has 1 N–H and O–H groups in total. The second-order valence-corrected chi connectivity index (χ2v) is 7.67. The predicted molar refractivity (Wildman–Crippen MR) is 87.9 cm³/mol. The van der Waals surface area contributed by atoms with Crippen LogP contribution in [-0.4, -0.2) is 44.4 Å². The lowest BCUT2D eigenvalue weighted by Crippen LogP contribution is -2.49. The van der Waals surface area contributed by atoms with Crippen LogP contribution >= 0.6 is 0 Å². The molecule has 1 heterocycles. The smallest absolute Gasteiger partial charge is 0.243 e. The van der Waals surface area contributed by atoms with Crippen molar-refractivity contribution >= 4 is 15.9 Å². The summed E-state index contributed by atoms with van der Waals surface area (Å²) in [5, 5.41) is 2.81. The van der Waals surface area contributed by atoms with Crippen LogP contribution in [0.1, 0.15) is 32.3 Å². The molecule has 1 amide bonds. The van der Waals surface area contributed by atoms with Crippen molar-refractivity contribution in [3.8, 4) is 5.75 Å². The van der Waals surface area contributed by atoms with E-state index in [0.717, 1.165) is 12.8 Å². The maximum Gasteiger partial charge on any atom is 0.243 e. The number of piperidine rings is 1. The fraction of sp³-hybridized carbons (Fsp3) is 0.562. The van der Waals surface area contributed by atoms with Gasteiger partial charge >= 0.3 is 0 Å². The Hall–Kier alpha value is -1.60. The fourth-order valence-corrected chi connectivity index (χ4v) is 4.60. The number of rotatable bonds is 5. The minimum absolute atomic E-state index is 0.126. The van der Waals surface area contributed by atoms with Gasteiger partial charge in [-0.3, -0.25) is 4.79 Å². The summed E-state index contributed by atoms with van der Waals surface area (Å²) in [4.78, 5) is 11.5. The molecule has 6 nitrogen and oxygen atoms in total. The molecule has 0 bridgehead atoms. The van der Waals surface area contributed by atoms with E-state index in [1.807, 2.05) is 6.92 Å². The number of ether oxygens (including phenoxy) is 1. The number of aryl methyl sites for hydroxylation is 1. The van der Waals surface area contributed by atoms with E-state index in [-0.39, 0.29) is 11.9 Å². The summed E-state index contributed by atoms with van der Waals surface area (Å²) < 4.78 is 32.6. The summed E-state index contributed by atoms with van der Waals surface area (Å²) in [6.45, 7) is 6.43. The molecule has 1 aliphatic heterocycles. The first-order valence-electron chi connectivity index (χ1n) is 7.85. The first-order chi connectivity index (χ1) is 10.8. The van der Waals surface area contributed by atoms with Crippen molar-refractivity contribution in [1.82, 2.24) is 9.62 Å². The highest BCUT2D eigenvalue weighted by Crippen LogP contribution is 2.26. The standard InChI is InChI=1S/C16H24N2O4S/c1-4-22-15-7-8-16(12(2)10-15)23(20,21)18-9-5-6-14(11-18)17-13(3)19/h7-8,10,14H,4-6,9,11H2,1-3H3,(H,17,19)/t14-/m0/s1. The topological polar surface area (TPSA) is 75.7 Å². The van der Waals surface area contributed by atoms with Gasteiger partial charge in [0.2, 0.25) is 15.9 Å². The Morgan fingerprint density at radius 1 is 1.43 bits per heavy atom. The van der Waals surface area contributed by atoms with Gasteiger partial charge in [-0.05, 0) is 50.5 Å². The molecule has 1 aromatic carbocycles. The maximum atomic E-state index is 12.9. The average molecular weight is 340 g/mol. The van der Waals surface area contributed by atoms with Crippen LogP contribution in [0, 0.1) is 6.92 Å². The second kappa shape index (κ2) is 7.31. The minimum atomic E-state index is -3.57. The third-order valence-electron chi connectivity index (χ3n) is 3.87. The monoisotopic (exact) mass is 340 g/mol. The van der Waals surface area contributed by atoms with Gasteiger partial charge in [-0.15, -0.1) is 0 Å². The van der Waals surface area contributed by atoms with Gasteiger partial charge < -0.3 is 10.1 Å².